The van der Waals surface area contributed by atoms with Gasteiger partial charge in [0.15, 0.2) is 0 Å². The molecule has 2 atom stereocenters. The van der Waals surface area contributed by atoms with Crippen LogP contribution in [-0.4, -0.2) is 23.1 Å². The van der Waals surface area contributed by atoms with Gasteiger partial charge in [-0.25, -0.2) is 4.79 Å². The van der Waals surface area contributed by atoms with E-state index in [-0.39, 0.29) is 12.1 Å². The first-order valence-corrected chi connectivity index (χ1v) is 7.87. The first-order valence-electron chi connectivity index (χ1n) is 7.08. The summed E-state index contributed by atoms with van der Waals surface area (Å²) in [6.45, 7) is 0.412. The fourth-order valence-electron chi connectivity index (χ4n) is 2.65. The summed E-state index contributed by atoms with van der Waals surface area (Å²) >= 11 is 3.38. The lowest BCUT2D eigenvalue weighted by Crippen LogP contribution is -2.48. The van der Waals surface area contributed by atoms with Crippen LogP contribution >= 0.6 is 15.9 Å². The van der Waals surface area contributed by atoms with Gasteiger partial charge < -0.3 is 15.7 Å². The number of halogens is 1. The molecule has 2 unspecified atom stereocenters. The third-order valence-corrected chi connectivity index (χ3v) is 4.23. The third-order valence-electron chi connectivity index (χ3n) is 3.74. The molecule has 0 aliphatic heterocycles. The number of hydrogen-bond acceptors (Lipinski definition) is 2. The quantitative estimate of drug-likeness (QED) is 0.777. The normalized spacial score (nSPS) is 21.6. The van der Waals surface area contributed by atoms with Gasteiger partial charge in [0.2, 0.25) is 0 Å². The average Bonchev–Trinajstić information content (AvgIpc) is 2.45. The summed E-state index contributed by atoms with van der Waals surface area (Å²) in [5, 5.41) is 14.7. The highest BCUT2D eigenvalue weighted by atomic mass is 79.9. The second kappa shape index (κ2) is 7.45. The highest BCUT2D eigenvalue weighted by Crippen LogP contribution is 2.24. The molecular formula is C15H19BrN2O3. The van der Waals surface area contributed by atoms with Crippen molar-refractivity contribution < 1.29 is 14.7 Å². The van der Waals surface area contributed by atoms with Crippen molar-refractivity contribution in [1.29, 1.82) is 0 Å². The minimum absolute atomic E-state index is 0.279. The average molecular weight is 355 g/mol. The summed E-state index contributed by atoms with van der Waals surface area (Å²) in [5.74, 6) is -1.30. The van der Waals surface area contributed by atoms with Crippen LogP contribution < -0.4 is 10.6 Å². The van der Waals surface area contributed by atoms with Gasteiger partial charge in [-0.3, -0.25) is 4.79 Å². The van der Waals surface area contributed by atoms with Crippen LogP contribution in [-0.2, 0) is 11.3 Å². The lowest BCUT2D eigenvalue weighted by molar-refractivity contribution is -0.143. The Bertz CT molecular complexity index is 521. The van der Waals surface area contributed by atoms with Crippen LogP contribution in [0, 0.1) is 5.92 Å². The van der Waals surface area contributed by atoms with Crippen molar-refractivity contribution in [2.24, 2.45) is 5.92 Å². The monoisotopic (exact) mass is 354 g/mol. The predicted octanol–water partition coefficient (Wildman–Crippen LogP) is 2.89. The van der Waals surface area contributed by atoms with Crippen LogP contribution in [0.4, 0.5) is 4.79 Å². The minimum atomic E-state index is -0.827. The Morgan fingerprint density at radius 3 is 2.76 bits per heavy atom. The zero-order valence-electron chi connectivity index (χ0n) is 11.6. The second-order valence-electron chi connectivity index (χ2n) is 5.29. The van der Waals surface area contributed by atoms with E-state index in [2.05, 4.69) is 26.6 Å². The van der Waals surface area contributed by atoms with E-state index < -0.39 is 11.9 Å². The number of carbonyl (C=O) groups excluding carboxylic acids is 1. The second-order valence-corrected chi connectivity index (χ2v) is 6.21. The van der Waals surface area contributed by atoms with Crippen LogP contribution in [0.2, 0.25) is 0 Å². The molecule has 0 bridgehead atoms. The van der Waals surface area contributed by atoms with Gasteiger partial charge in [-0.1, -0.05) is 40.9 Å². The van der Waals surface area contributed by atoms with Crippen molar-refractivity contribution in [3.05, 3.63) is 34.3 Å². The predicted molar refractivity (Wildman–Crippen MR) is 82.9 cm³/mol. The van der Waals surface area contributed by atoms with E-state index in [9.17, 15) is 14.7 Å². The van der Waals surface area contributed by atoms with Gasteiger partial charge in [-0.15, -0.1) is 0 Å². The summed E-state index contributed by atoms with van der Waals surface area (Å²) < 4.78 is 0.959. The van der Waals surface area contributed by atoms with E-state index in [4.69, 9.17) is 0 Å². The SMILES string of the molecule is O=C(NCc1cccc(Br)c1)NC1CCCCC1C(=O)O. The molecular weight excluding hydrogens is 336 g/mol. The molecule has 1 aliphatic rings. The van der Waals surface area contributed by atoms with Crippen molar-refractivity contribution in [3.8, 4) is 0 Å². The van der Waals surface area contributed by atoms with E-state index in [0.29, 0.717) is 13.0 Å². The van der Waals surface area contributed by atoms with E-state index in [1.807, 2.05) is 24.3 Å². The number of nitrogens with one attached hydrogen (secondary N) is 2. The molecule has 114 valence electrons. The van der Waals surface area contributed by atoms with Crippen LogP contribution in [0.25, 0.3) is 0 Å². The van der Waals surface area contributed by atoms with Crippen molar-refractivity contribution in [3.63, 3.8) is 0 Å². The Morgan fingerprint density at radius 2 is 2.05 bits per heavy atom. The van der Waals surface area contributed by atoms with Gasteiger partial charge in [-0.05, 0) is 30.5 Å². The van der Waals surface area contributed by atoms with Crippen molar-refractivity contribution in [2.75, 3.05) is 0 Å². The molecule has 6 heteroatoms. The standard InChI is InChI=1S/C15H19BrN2O3/c16-11-5-3-4-10(8-11)9-17-15(21)18-13-7-2-1-6-12(13)14(19)20/h3-5,8,12-13H,1-2,6-7,9H2,(H,19,20)(H2,17,18,21). The number of carboxylic acids is 1. The number of benzene rings is 1. The Hall–Kier alpha value is -1.56. The summed E-state index contributed by atoms with van der Waals surface area (Å²) in [6, 6.07) is 7.09. The van der Waals surface area contributed by atoms with Crippen LogP contribution in [0.3, 0.4) is 0 Å². The van der Waals surface area contributed by atoms with Gasteiger partial charge in [0.05, 0.1) is 5.92 Å². The first-order chi connectivity index (χ1) is 10.1. The molecule has 1 fully saturated rings. The molecule has 5 nitrogen and oxygen atoms in total. The molecule has 21 heavy (non-hydrogen) atoms. The Labute approximate surface area is 132 Å². The smallest absolute Gasteiger partial charge is 0.315 e. The van der Waals surface area contributed by atoms with Gasteiger partial charge in [0, 0.05) is 17.1 Å². The third kappa shape index (κ3) is 4.74. The molecule has 0 aromatic heterocycles. The molecule has 2 amide bonds. The summed E-state index contributed by atoms with van der Waals surface area (Å²) in [5.41, 5.74) is 0.984. The molecule has 0 heterocycles. The number of amides is 2. The largest absolute Gasteiger partial charge is 0.481 e. The lowest BCUT2D eigenvalue weighted by atomic mass is 9.84. The number of carboxylic acid groups (broad SMARTS) is 1. The van der Waals surface area contributed by atoms with Crippen LogP contribution in [0.5, 0.6) is 0 Å². The highest BCUT2D eigenvalue weighted by Gasteiger charge is 2.31. The summed E-state index contributed by atoms with van der Waals surface area (Å²) in [7, 11) is 0. The molecule has 0 saturated heterocycles. The molecule has 0 spiro atoms. The molecule has 1 aliphatic carbocycles. The Kier molecular flexibility index (Phi) is 5.61. The number of carbonyl (C=O) groups is 2. The zero-order valence-corrected chi connectivity index (χ0v) is 13.2. The number of urea groups is 1. The highest BCUT2D eigenvalue weighted by molar-refractivity contribution is 9.10. The van der Waals surface area contributed by atoms with Crippen LogP contribution in [0.15, 0.2) is 28.7 Å². The van der Waals surface area contributed by atoms with Gasteiger partial charge in [0.25, 0.3) is 0 Å². The number of aliphatic carboxylic acids is 1. The number of hydrogen-bond donors (Lipinski definition) is 3. The molecule has 2 rings (SSSR count). The first kappa shape index (κ1) is 15.8. The molecule has 3 N–H and O–H groups in total. The Balaban J connectivity index is 1.84. The fraction of sp³-hybridized carbons (Fsp3) is 0.467. The molecule has 1 aromatic carbocycles. The van der Waals surface area contributed by atoms with Gasteiger partial charge >= 0.3 is 12.0 Å². The maximum Gasteiger partial charge on any atom is 0.315 e. The summed E-state index contributed by atoms with van der Waals surface area (Å²) in [4.78, 5) is 23.1. The molecule has 1 saturated carbocycles. The topological polar surface area (TPSA) is 78.4 Å². The minimum Gasteiger partial charge on any atom is -0.481 e. The van der Waals surface area contributed by atoms with Crippen molar-refractivity contribution in [2.45, 2.75) is 38.3 Å². The van der Waals surface area contributed by atoms with Gasteiger partial charge in [0.1, 0.15) is 0 Å². The zero-order chi connectivity index (χ0) is 15.2. The molecule has 1 aromatic rings. The summed E-state index contributed by atoms with van der Waals surface area (Å²) in [6.07, 6.45) is 3.22. The maximum atomic E-state index is 11.9. The van der Waals surface area contributed by atoms with E-state index in [0.717, 1.165) is 29.3 Å². The number of rotatable bonds is 4. The van der Waals surface area contributed by atoms with Crippen molar-refractivity contribution >= 4 is 27.9 Å². The lowest BCUT2D eigenvalue weighted by Gasteiger charge is -2.29. The maximum absolute atomic E-state index is 11.9. The Morgan fingerprint density at radius 1 is 1.29 bits per heavy atom. The molecule has 0 radical (unpaired) electrons. The van der Waals surface area contributed by atoms with Crippen LogP contribution in [0.1, 0.15) is 31.2 Å². The fourth-order valence-corrected chi connectivity index (χ4v) is 3.09. The van der Waals surface area contributed by atoms with Gasteiger partial charge in [-0.2, -0.15) is 0 Å². The van der Waals surface area contributed by atoms with Crippen molar-refractivity contribution in [1.82, 2.24) is 10.6 Å². The van der Waals surface area contributed by atoms with E-state index >= 15 is 0 Å². The van der Waals surface area contributed by atoms with E-state index in [1.165, 1.54) is 0 Å². The van der Waals surface area contributed by atoms with E-state index in [1.54, 1.807) is 0 Å².